The number of carbonyl (C=O) groups is 1. The van der Waals surface area contributed by atoms with E-state index in [9.17, 15) is 18.0 Å². The molecule has 0 bridgehead atoms. The number of rotatable bonds is 4. The quantitative estimate of drug-likeness (QED) is 0.723. The second-order valence-corrected chi connectivity index (χ2v) is 3.73. The van der Waals surface area contributed by atoms with Crippen LogP contribution in [0.2, 0.25) is 0 Å². The highest BCUT2D eigenvalue weighted by Gasteiger charge is 2.42. The van der Waals surface area contributed by atoms with Gasteiger partial charge in [0.05, 0.1) is 6.61 Å². The van der Waals surface area contributed by atoms with Gasteiger partial charge in [-0.25, -0.2) is 0 Å². The van der Waals surface area contributed by atoms with Crippen LogP contribution in [0.25, 0.3) is 0 Å². The number of carbonyl (C=O) groups excluding carboxylic acids is 1. The van der Waals surface area contributed by atoms with Gasteiger partial charge in [-0.1, -0.05) is 0 Å². The minimum absolute atomic E-state index is 0.0840. The largest absolute Gasteiger partial charge is 0.397 e. The molecule has 0 radical (unpaired) electrons. The molecule has 82 valence electrons. The fourth-order valence-electron chi connectivity index (χ4n) is 1.10. The van der Waals surface area contributed by atoms with Crippen molar-refractivity contribution in [3.63, 3.8) is 0 Å². The molecule has 0 aromatic carbocycles. The first-order chi connectivity index (χ1) is 6.37. The molecule has 14 heavy (non-hydrogen) atoms. The Labute approximate surface area is 79.3 Å². The summed E-state index contributed by atoms with van der Waals surface area (Å²) in [7, 11) is 0. The van der Waals surface area contributed by atoms with E-state index in [-0.39, 0.29) is 18.6 Å². The topological polar surface area (TPSA) is 49.3 Å². The van der Waals surface area contributed by atoms with E-state index in [2.05, 4.69) is 5.32 Å². The SMILES string of the molecule is O=C(CC(F)(F)F)NCC1(CO)CC1. The van der Waals surface area contributed by atoms with Crippen molar-refractivity contribution in [1.29, 1.82) is 0 Å². The minimum Gasteiger partial charge on any atom is -0.396 e. The minimum atomic E-state index is -4.46. The molecule has 1 aliphatic rings. The van der Waals surface area contributed by atoms with Crippen LogP contribution in [0.5, 0.6) is 0 Å². The summed E-state index contributed by atoms with van der Waals surface area (Å²) >= 11 is 0. The van der Waals surface area contributed by atoms with Crippen molar-refractivity contribution in [3.05, 3.63) is 0 Å². The lowest BCUT2D eigenvalue weighted by Crippen LogP contribution is -2.34. The highest BCUT2D eigenvalue weighted by molar-refractivity contribution is 5.76. The van der Waals surface area contributed by atoms with Crippen molar-refractivity contribution in [2.75, 3.05) is 13.2 Å². The van der Waals surface area contributed by atoms with Crippen LogP contribution in [0.4, 0.5) is 13.2 Å². The molecule has 0 spiro atoms. The summed E-state index contributed by atoms with van der Waals surface area (Å²) in [5.74, 6) is -1.03. The normalized spacial score (nSPS) is 19.1. The molecule has 0 unspecified atom stereocenters. The maximum Gasteiger partial charge on any atom is 0.397 e. The molecule has 1 rings (SSSR count). The Morgan fingerprint density at radius 2 is 2.00 bits per heavy atom. The van der Waals surface area contributed by atoms with E-state index in [4.69, 9.17) is 5.11 Å². The Morgan fingerprint density at radius 3 is 2.36 bits per heavy atom. The van der Waals surface area contributed by atoms with Crippen molar-refractivity contribution in [2.45, 2.75) is 25.4 Å². The van der Waals surface area contributed by atoms with Gasteiger partial charge in [-0.2, -0.15) is 13.2 Å². The van der Waals surface area contributed by atoms with Crippen LogP contribution in [0.1, 0.15) is 19.3 Å². The van der Waals surface area contributed by atoms with Crippen LogP contribution in [0, 0.1) is 5.41 Å². The van der Waals surface area contributed by atoms with Crippen LogP contribution in [-0.2, 0) is 4.79 Å². The summed E-state index contributed by atoms with van der Waals surface area (Å²) in [6.45, 7) is 0.0533. The van der Waals surface area contributed by atoms with Gasteiger partial charge in [0.25, 0.3) is 0 Å². The molecule has 0 atom stereocenters. The van der Waals surface area contributed by atoms with E-state index >= 15 is 0 Å². The Morgan fingerprint density at radius 1 is 1.43 bits per heavy atom. The first-order valence-electron chi connectivity index (χ1n) is 4.31. The third-order valence-corrected chi connectivity index (χ3v) is 2.31. The van der Waals surface area contributed by atoms with Gasteiger partial charge in [-0.3, -0.25) is 4.79 Å². The summed E-state index contributed by atoms with van der Waals surface area (Å²) < 4.78 is 35.1. The standard InChI is InChI=1S/C8H12F3NO2/c9-8(10,11)3-6(14)12-4-7(5-13)1-2-7/h13H,1-5H2,(H,12,14). The van der Waals surface area contributed by atoms with Gasteiger partial charge in [0.2, 0.25) is 5.91 Å². The first kappa shape index (κ1) is 11.3. The number of halogens is 3. The van der Waals surface area contributed by atoms with Crippen molar-refractivity contribution in [3.8, 4) is 0 Å². The molecule has 0 heterocycles. The zero-order chi connectivity index (χ0) is 10.8. The summed E-state index contributed by atoms with van der Waals surface area (Å²) in [5.41, 5.74) is -0.346. The van der Waals surface area contributed by atoms with Gasteiger partial charge in [0, 0.05) is 12.0 Å². The Bertz CT molecular complexity index is 223. The molecule has 0 aromatic heterocycles. The number of hydrogen-bond acceptors (Lipinski definition) is 2. The molecular weight excluding hydrogens is 199 g/mol. The molecular formula is C8H12F3NO2. The lowest BCUT2D eigenvalue weighted by Gasteiger charge is -2.13. The summed E-state index contributed by atoms with van der Waals surface area (Å²) in [6, 6.07) is 0. The predicted octanol–water partition coefficient (Wildman–Crippen LogP) is 0.827. The van der Waals surface area contributed by atoms with Crippen LogP contribution in [0.15, 0.2) is 0 Å². The second-order valence-electron chi connectivity index (χ2n) is 3.73. The third-order valence-electron chi connectivity index (χ3n) is 2.31. The van der Waals surface area contributed by atoms with E-state index in [1.54, 1.807) is 0 Å². The summed E-state index contributed by atoms with van der Waals surface area (Å²) in [4.78, 5) is 10.7. The summed E-state index contributed by atoms with van der Waals surface area (Å²) in [5, 5.41) is 11.0. The lowest BCUT2D eigenvalue weighted by atomic mass is 10.1. The summed E-state index contributed by atoms with van der Waals surface area (Å²) in [6.07, 6.45) is -4.39. The van der Waals surface area contributed by atoms with E-state index in [1.165, 1.54) is 0 Å². The first-order valence-corrected chi connectivity index (χ1v) is 4.31. The molecule has 1 aliphatic carbocycles. The van der Waals surface area contributed by atoms with Crippen molar-refractivity contribution >= 4 is 5.91 Å². The number of amides is 1. The van der Waals surface area contributed by atoms with E-state index in [1.807, 2.05) is 0 Å². The van der Waals surface area contributed by atoms with Crippen LogP contribution >= 0.6 is 0 Å². The third kappa shape index (κ3) is 3.53. The molecule has 1 amide bonds. The fraction of sp³-hybridized carbons (Fsp3) is 0.875. The molecule has 0 aromatic rings. The van der Waals surface area contributed by atoms with Gasteiger partial charge in [-0.05, 0) is 12.8 Å². The van der Waals surface area contributed by atoms with Gasteiger partial charge in [-0.15, -0.1) is 0 Å². The van der Waals surface area contributed by atoms with Gasteiger partial charge in [0.1, 0.15) is 6.42 Å². The maximum atomic E-state index is 11.7. The van der Waals surface area contributed by atoms with Gasteiger partial charge in [0.15, 0.2) is 0 Å². The number of hydrogen-bond donors (Lipinski definition) is 2. The zero-order valence-electron chi connectivity index (χ0n) is 7.52. The number of aliphatic hydroxyl groups is 1. The van der Waals surface area contributed by atoms with Crippen LogP contribution in [0.3, 0.4) is 0 Å². The Hall–Kier alpha value is -0.780. The van der Waals surface area contributed by atoms with Gasteiger partial charge < -0.3 is 10.4 Å². The number of aliphatic hydroxyl groups excluding tert-OH is 1. The van der Waals surface area contributed by atoms with Crippen molar-refractivity contribution < 1.29 is 23.1 Å². The predicted molar refractivity (Wildman–Crippen MR) is 42.4 cm³/mol. The highest BCUT2D eigenvalue weighted by Crippen LogP contribution is 2.44. The van der Waals surface area contributed by atoms with E-state index in [0.29, 0.717) is 0 Å². The number of nitrogens with one attached hydrogen (secondary N) is 1. The monoisotopic (exact) mass is 211 g/mol. The Kier molecular flexibility index (Phi) is 3.04. The average molecular weight is 211 g/mol. The molecule has 1 saturated carbocycles. The molecule has 0 saturated heterocycles. The van der Waals surface area contributed by atoms with Gasteiger partial charge >= 0.3 is 6.18 Å². The van der Waals surface area contributed by atoms with Crippen molar-refractivity contribution in [2.24, 2.45) is 5.41 Å². The molecule has 1 fully saturated rings. The highest BCUT2D eigenvalue weighted by atomic mass is 19.4. The second kappa shape index (κ2) is 3.76. The van der Waals surface area contributed by atoms with Crippen LogP contribution < -0.4 is 5.32 Å². The molecule has 6 heteroatoms. The van der Waals surface area contributed by atoms with E-state index in [0.717, 1.165) is 12.8 Å². The fourth-order valence-corrected chi connectivity index (χ4v) is 1.10. The Balaban J connectivity index is 2.22. The molecule has 3 nitrogen and oxygen atoms in total. The smallest absolute Gasteiger partial charge is 0.396 e. The lowest BCUT2D eigenvalue weighted by molar-refractivity contribution is -0.153. The molecule has 2 N–H and O–H groups in total. The van der Waals surface area contributed by atoms with Crippen molar-refractivity contribution in [1.82, 2.24) is 5.32 Å². The molecule has 0 aliphatic heterocycles. The zero-order valence-corrected chi connectivity index (χ0v) is 7.52. The average Bonchev–Trinajstić information content (AvgIpc) is 2.78. The van der Waals surface area contributed by atoms with E-state index < -0.39 is 18.5 Å². The van der Waals surface area contributed by atoms with Crippen LogP contribution in [-0.4, -0.2) is 30.3 Å². The maximum absolute atomic E-state index is 11.7. The number of alkyl halides is 3.